The smallest absolute Gasteiger partial charge is 0.187 e. The van der Waals surface area contributed by atoms with Crippen LogP contribution in [-0.2, 0) is 0 Å². The van der Waals surface area contributed by atoms with Crippen LogP contribution in [0.5, 0.6) is 0 Å². The molecule has 2 aliphatic rings. The number of benzene rings is 1. The molecular formula is C26H37N5S. The minimum atomic E-state index is 0.512. The van der Waals surface area contributed by atoms with Crippen LogP contribution in [0.25, 0.3) is 6.08 Å². The Morgan fingerprint density at radius 1 is 1.03 bits per heavy atom. The van der Waals surface area contributed by atoms with Crippen LogP contribution in [0, 0.1) is 0 Å². The number of anilines is 1. The second-order valence-electron chi connectivity index (χ2n) is 9.15. The first kappa shape index (κ1) is 23.3. The standard InChI is InChI=1S/C26H37N5S/c1-29(2)24-11-9-22(10-12-24)7-5-17-31-18-6-8-23(21-31)25-13-14-27-26(28-25)32-20-19-30-15-3-4-16-30/h5,7,9-14,23H,3-4,6,8,15-21H2,1-2H3/b7-5+/t23-/m1/s1. The van der Waals surface area contributed by atoms with E-state index in [0.29, 0.717) is 5.92 Å². The van der Waals surface area contributed by atoms with Gasteiger partial charge in [0, 0.05) is 63.0 Å². The summed E-state index contributed by atoms with van der Waals surface area (Å²) in [5.74, 6) is 1.60. The Hall–Kier alpha value is -1.89. The first-order valence-electron chi connectivity index (χ1n) is 12.0. The lowest BCUT2D eigenvalue weighted by Crippen LogP contribution is -2.34. The molecule has 0 radical (unpaired) electrons. The van der Waals surface area contributed by atoms with Crippen LogP contribution < -0.4 is 4.90 Å². The van der Waals surface area contributed by atoms with Crippen molar-refractivity contribution in [1.29, 1.82) is 0 Å². The van der Waals surface area contributed by atoms with Gasteiger partial charge in [0.2, 0.25) is 0 Å². The number of thioether (sulfide) groups is 1. The molecule has 2 aliphatic heterocycles. The van der Waals surface area contributed by atoms with E-state index in [9.17, 15) is 0 Å². The molecular weight excluding hydrogens is 414 g/mol. The molecule has 6 heteroatoms. The van der Waals surface area contributed by atoms with Gasteiger partial charge in [0.25, 0.3) is 0 Å². The Bertz CT molecular complexity index is 861. The van der Waals surface area contributed by atoms with Gasteiger partial charge in [-0.1, -0.05) is 36.0 Å². The van der Waals surface area contributed by atoms with Gasteiger partial charge in [0.1, 0.15) is 0 Å². The van der Waals surface area contributed by atoms with E-state index in [1.54, 1.807) is 0 Å². The lowest BCUT2D eigenvalue weighted by atomic mass is 9.94. The van der Waals surface area contributed by atoms with Crippen LogP contribution >= 0.6 is 11.8 Å². The summed E-state index contributed by atoms with van der Waals surface area (Å²) >= 11 is 1.81. The van der Waals surface area contributed by atoms with Gasteiger partial charge in [-0.05, 0) is 69.1 Å². The highest BCUT2D eigenvalue weighted by Crippen LogP contribution is 2.27. The normalized spacial score (nSPS) is 20.2. The van der Waals surface area contributed by atoms with Gasteiger partial charge < -0.3 is 9.80 Å². The molecule has 0 spiro atoms. The topological polar surface area (TPSA) is 35.5 Å². The maximum atomic E-state index is 4.93. The van der Waals surface area contributed by atoms with Crippen LogP contribution in [0.2, 0.25) is 0 Å². The third kappa shape index (κ3) is 6.80. The van der Waals surface area contributed by atoms with Gasteiger partial charge in [-0.3, -0.25) is 4.90 Å². The Balaban J connectivity index is 1.26. The summed E-state index contributed by atoms with van der Waals surface area (Å²) in [5, 5.41) is 0.944. The van der Waals surface area contributed by atoms with Crippen LogP contribution in [0.3, 0.4) is 0 Å². The second-order valence-corrected chi connectivity index (χ2v) is 10.2. The maximum Gasteiger partial charge on any atom is 0.187 e. The van der Waals surface area contributed by atoms with Crippen molar-refractivity contribution in [3.05, 3.63) is 53.9 Å². The average molecular weight is 452 g/mol. The van der Waals surface area contributed by atoms with Gasteiger partial charge in [-0.25, -0.2) is 9.97 Å². The summed E-state index contributed by atoms with van der Waals surface area (Å²) < 4.78 is 0. The monoisotopic (exact) mass is 451 g/mol. The molecule has 2 fully saturated rings. The summed E-state index contributed by atoms with van der Waals surface area (Å²) in [6, 6.07) is 10.9. The van der Waals surface area contributed by atoms with E-state index >= 15 is 0 Å². The molecule has 3 heterocycles. The second kappa shape index (κ2) is 11.8. The summed E-state index contributed by atoms with van der Waals surface area (Å²) in [4.78, 5) is 16.7. The van der Waals surface area contributed by atoms with Gasteiger partial charge in [0.05, 0.1) is 0 Å². The van der Waals surface area contributed by atoms with E-state index in [1.807, 2.05) is 18.0 Å². The minimum Gasteiger partial charge on any atom is -0.378 e. The quantitative estimate of drug-likeness (QED) is 0.409. The van der Waals surface area contributed by atoms with E-state index in [0.717, 1.165) is 30.5 Å². The molecule has 32 heavy (non-hydrogen) atoms. The first-order chi connectivity index (χ1) is 15.7. The number of piperidine rings is 1. The first-order valence-corrected chi connectivity index (χ1v) is 13.0. The van der Waals surface area contributed by atoms with Crippen molar-refractivity contribution in [2.75, 3.05) is 64.0 Å². The van der Waals surface area contributed by atoms with Crippen LogP contribution in [0.1, 0.15) is 42.9 Å². The lowest BCUT2D eigenvalue weighted by molar-refractivity contribution is 0.226. The zero-order valence-electron chi connectivity index (χ0n) is 19.6. The van der Waals surface area contributed by atoms with E-state index < -0.39 is 0 Å². The highest BCUT2D eigenvalue weighted by Gasteiger charge is 2.22. The van der Waals surface area contributed by atoms with Crippen molar-refractivity contribution in [3.63, 3.8) is 0 Å². The Kier molecular flexibility index (Phi) is 8.60. The van der Waals surface area contributed by atoms with Gasteiger partial charge in [0.15, 0.2) is 5.16 Å². The third-order valence-electron chi connectivity index (χ3n) is 6.50. The van der Waals surface area contributed by atoms with Crippen molar-refractivity contribution >= 4 is 23.5 Å². The molecule has 0 aliphatic carbocycles. The molecule has 1 atom stereocenters. The molecule has 0 bridgehead atoms. The minimum absolute atomic E-state index is 0.512. The van der Waals surface area contributed by atoms with Crippen molar-refractivity contribution in [2.45, 2.75) is 36.8 Å². The fourth-order valence-electron chi connectivity index (χ4n) is 4.61. The predicted octanol–water partition coefficient (Wildman–Crippen LogP) is 4.62. The molecule has 0 N–H and O–H groups in total. The molecule has 0 saturated carbocycles. The zero-order chi connectivity index (χ0) is 22.2. The Morgan fingerprint density at radius 2 is 1.81 bits per heavy atom. The highest BCUT2D eigenvalue weighted by molar-refractivity contribution is 7.99. The number of hydrogen-bond donors (Lipinski definition) is 0. The van der Waals surface area contributed by atoms with Crippen molar-refractivity contribution < 1.29 is 0 Å². The van der Waals surface area contributed by atoms with Crippen molar-refractivity contribution in [2.24, 2.45) is 0 Å². The van der Waals surface area contributed by atoms with Gasteiger partial charge in [-0.2, -0.15) is 0 Å². The molecule has 172 valence electrons. The number of hydrogen-bond acceptors (Lipinski definition) is 6. The number of aromatic nitrogens is 2. The van der Waals surface area contributed by atoms with E-state index in [2.05, 4.69) is 76.3 Å². The molecule has 0 amide bonds. The molecule has 0 unspecified atom stereocenters. The molecule has 4 rings (SSSR count). The summed E-state index contributed by atoms with van der Waals surface area (Å²) in [5.41, 5.74) is 3.71. The van der Waals surface area contributed by atoms with E-state index in [1.165, 1.54) is 62.3 Å². The van der Waals surface area contributed by atoms with E-state index in [4.69, 9.17) is 4.98 Å². The summed E-state index contributed by atoms with van der Waals surface area (Å²) in [6.07, 6.45) is 11.7. The number of likely N-dealkylation sites (tertiary alicyclic amines) is 2. The molecule has 1 aromatic carbocycles. The molecule has 1 aromatic heterocycles. The Labute approximate surface area is 197 Å². The summed E-state index contributed by atoms with van der Waals surface area (Å²) in [6.45, 7) is 6.92. The lowest BCUT2D eigenvalue weighted by Gasteiger charge is -2.31. The third-order valence-corrected chi connectivity index (χ3v) is 7.34. The predicted molar refractivity (Wildman–Crippen MR) is 137 cm³/mol. The average Bonchev–Trinajstić information content (AvgIpc) is 3.33. The SMILES string of the molecule is CN(C)c1ccc(/C=C/CN2CCC[C@@H](c3ccnc(SCCN4CCCC4)n3)C2)cc1. The zero-order valence-corrected chi connectivity index (χ0v) is 20.4. The molecule has 2 aromatic rings. The number of rotatable bonds is 9. The van der Waals surface area contributed by atoms with Crippen LogP contribution in [0.4, 0.5) is 5.69 Å². The molecule has 2 saturated heterocycles. The largest absolute Gasteiger partial charge is 0.378 e. The van der Waals surface area contributed by atoms with E-state index in [-0.39, 0.29) is 0 Å². The van der Waals surface area contributed by atoms with Crippen molar-refractivity contribution in [1.82, 2.24) is 19.8 Å². The van der Waals surface area contributed by atoms with Crippen LogP contribution in [0.15, 0.2) is 47.8 Å². The fraction of sp³-hybridized carbons (Fsp3) is 0.538. The fourth-order valence-corrected chi connectivity index (χ4v) is 5.44. The van der Waals surface area contributed by atoms with Crippen LogP contribution in [-0.4, -0.2) is 78.9 Å². The van der Waals surface area contributed by atoms with Gasteiger partial charge in [-0.15, -0.1) is 0 Å². The number of nitrogens with zero attached hydrogens (tertiary/aromatic N) is 5. The highest BCUT2D eigenvalue weighted by atomic mass is 32.2. The van der Waals surface area contributed by atoms with Crippen molar-refractivity contribution in [3.8, 4) is 0 Å². The van der Waals surface area contributed by atoms with Gasteiger partial charge >= 0.3 is 0 Å². The summed E-state index contributed by atoms with van der Waals surface area (Å²) in [7, 11) is 4.15. The maximum absolute atomic E-state index is 4.93. The molecule has 5 nitrogen and oxygen atoms in total. The Morgan fingerprint density at radius 3 is 2.59 bits per heavy atom.